The van der Waals surface area contributed by atoms with E-state index in [2.05, 4.69) is 22.8 Å². The molecule has 1 aromatic rings. The van der Waals surface area contributed by atoms with Crippen LogP contribution in [0.2, 0.25) is 0 Å². The molecule has 0 saturated carbocycles. The summed E-state index contributed by atoms with van der Waals surface area (Å²) in [5, 5.41) is 15.8. The van der Waals surface area contributed by atoms with Crippen LogP contribution in [0.15, 0.2) is 24.3 Å². The van der Waals surface area contributed by atoms with Crippen LogP contribution < -0.4 is 10.6 Å². The van der Waals surface area contributed by atoms with Crippen molar-refractivity contribution in [1.29, 1.82) is 5.26 Å². The van der Waals surface area contributed by atoms with Crippen molar-refractivity contribution in [3.8, 4) is 6.07 Å². The van der Waals surface area contributed by atoms with Gasteiger partial charge in [0.2, 0.25) is 0 Å². The van der Waals surface area contributed by atoms with E-state index >= 15 is 0 Å². The van der Waals surface area contributed by atoms with Crippen LogP contribution in [0, 0.1) is 11.3 Å². The van der Waals surface area contributed by atoms with Gasteiger partial charge in [-0.15, -0.1) is 0 Å². The Hall–Kier alpha value is -1.37. The molecule has 0 bridgehead atoms. The summed E-state index contributed by atoms with van der Waals surface area (Å²) in [4.78, 5) is 0. The van der Waals surface area contributed by atoms with Crippen LogP contribution in [-0.2, 0) is 6.54 Å². The molecule has 3 nitrogen and oxygen atoms in total. The van der Waals surface area contributed by atoms with Crippen molar-refractivity contribution in [2.75, 3.05) is 13.1 Å². The molecule has 2 N–H and O–H groups in total. The van der Waals surface area contributed by atoms with E-state index in [4.69, 9.17) is 5.26 Å². The first-order chi connectivity index (χ1) is 8.38. The third-order valence-corrected chi connectivity index (χ3v) is 3.23. The minimum atomic E-state index is 0.607. The second kappa shape index (κ2) is 6.39. The molecule has 2 rings (SSSR count). The lowest BCUT2D eigenvalue weighted by molar-refractivity contribution is 0.468. The fourth-order valence-electron chi connectivity index (χ4n) is 2.24. The average Bonchev–Trinajstić information content (AvgIpc) is 2.65. The van der Waals surface area contributed by atoms with Crippen LogP contribution in [0.25, 0.3) is 0 Å². The Kier molecular flexibility index (Phi) is 4.54. The summed E-state index contributed by atoms with van der Waals surface area (Å²) in [5.41, 5.74) is 1.94. The lowest BCUT2D eigenvalue weighted by atomic mass is 10.1. The first-order valence-electron chi connectivity index (χ1n) is 6.31. The monoisotopic (exact) mass is 229 g/mol. The van der Waals surface area contributed by atoms with E-state index in [1.165, 1.54) is 24.8 Å². The molecule has 3 heteroatoms. The summed E-state index contributed by atoms with van der Waals surface area (Å²) in [6.07, 6.45) is 3.68. The molecule has 1 aromatic carbocycles. The Bertz CT molecular complexity index is 387. The van der Waals surface area contributed by atoms with E-state index in [1.807, 2.05) is 18.2 Å². The zero-order valence-corrected chi connectivity index (χ0v) is 10.1. The first-order valence-corrected chi connectivity index (χ1v) is 6.31. The summed E-state index contributed by atoms with van der Waals surface area (Å²) in [6, 6.07) is 10.6. The van der Waals surface area contributed by atoms with Gasteiger partial charge in [-0.3, -0.25) is 0 Å². The van der Waals surface area contributed by atoms with Gasteiger partial charge in [0.15, 0.2) is 0 Å². The molecule has 90 valence electrons. The third kappa shape index (κ3) is 3.85. The molecule has 1 unspecified atom stereocenters. The highest BCUT2D eigenvalue weighted by atomic mass is 14.9. The number of hydrogen-bond acceptors (Lipinski definition) is 3. The lowest BCUT2D eigenvalue weighted by Crippen LogP contribution is -2.29. The van der Waals surface area contributed by atoms with Gasteiger partial charge in [-0.25, -0.2) is 0 Å². The van der Waals surface area contributed by atoms with E-state index in [0.717, 1.165) is 25.2 Å². The smallest absolute Gasteiger partial charge is 0.0991 e. The fraction of sp³-hybridized carbons (Fsp3) is 0.500. The van der Waals surface area contributed by atoms with Crippen LogP contribution in [-0.4, -0.2) is 19.1 Å². The van der Waals surface area contributed by atoms with Crippen LogP contribution in [0.4, 0.5) is 0 Å². The summed E-state index contributed by atoms with van der Waals surface area (Å²) >= 11 is 0. The van der Waals surface area contributed by atoms with Crippen LogP contribution >= 0.6 is 0 Å². The van der Waals surface area contributed by atoms with Crippen LogP contribution in [0.1, 0.15) is 30.4 Å². The Labute approximate surface area is 103 Å². The molecule has 0 aromatic heterocycles. The number of rotatable bonds is 3. The van der Waals surface area contributed by atoms with Gasteiger partial charge in [-0.05, 0) is 50.0 Å². The molecule has 1 fully saturated rings. The second-order valence-corrected chi connectivity index (χ2v) is 4.57. The maximum absolute atomic E-state index is 8.84. The number of nitrogens with zero attached hydrogens (tertiary/aromatic N) is 1. The van der Waals surface area contributed by atoms with E-state index in [1.54, 1.807) is 0 Å². The molecule has 0 amide bonds. The van der Waals surface area contributed by atoms with Crippen molar-refractivity contribution < 1.29 is 0 Å². The quantitative estimate of drug-likeness (QED) is 0.830. The Morgan fingerprint density at radius 2 is 2.29 bits per heavy atom. The van der Waals surface area contributed by atoms with Gasteiger partial charge < -0.3 is 10.6 Å². The zero-order chi connectivity index (χ0) is 11.9. The van der Waals surface area contributed by atoms with Gasteiger partial charge in [-0.1, -0.05) is 12.1 Å². The topological polar surface area (TPSA) is 47.9 Å². The SMILES string of the molecule is N#Cc1cccc(CNC2CCCNCC2)c1. The number of hydrogen-bond donors (Lipinski definition) is 2. The zero-order valence-electron chi connectivity index (χ0n) is 10.1. The molecule has 0 aliphatic carbocycles. The first kappa shape index (κ1) is 12.1. The predicted octanol–water partition coefficient (Wildman–Crippen LogP) is 1.79. The third-order valence-electron chi connectivity index (χ3n) is 3.23. The number of nitriles is 1. The van der Waals surface area contributed by atoms with Crippen molar-refractivity contribution in [3.63, 3.8) is 0 Å². The van der Waals surface area contributed by atoms with E-state index in [9.17, 15) is 0 Å². The van der Waals surface area contributed by atoms with Gasteiger partial charge in [-0.2, -0.15) is 5.26 Å². The lowest BCUT2D eigenvalue weighted by Gasteiger charge is -2.15. The van der Waals surface area contributed by atoms with Crippen molar-refractivity contribution in [2.45, 2.75) is 31.8 Å². The molecule has 17 heavy (non-hydrogen) atoms. The Balaban J connectivity index is 1.86. The highest BCUT2D eigenvalue weighted by Crippen LogP contribution is 2.08. The van der Waals surface area contributed by atoms with E-state index < -0.39 is 0 Å². The molecule has 0 radical (unpaired) electrons. The predicted molar refractivity (Wildman–Crippen MR) is 68.5 cm³/mol. The Morgan fingerprint density at radius 1 is 1.35 bits per heavy atom. The van der Waals surface area contributed by atoms with Gasteiger partial charge in [0.1, 0.15) is 0 Å². The van der Waals surface area contributed by atoms with Crippen molar-refractivity contribution >= 4 is 0 Å². The maximum atomic E-state index is 8.84. The molecule has 1 atom stereocenters. The van der Waals surface area contributed by atoms with Crippen molar-refractivity contribution in [2.24, 2.45) is 0 Å². The average molecular weight is 229 g/mol. The summed E-state index contributed by atoms with van der Waals surface area (Å²) < 4.78 is 0. The largest absolute Gasteiger partial charge is 0.317 e. The molecule has 0 spiro atoms. The van der Waals surface area contributed by atoms with Gasteiger partial charge in [0.05, 0.1) is 11.6 Å². The second-order valence-electron chi connectivity index (χ2n) is 4.57. The van der Waals surface area contributed by atoms with Crippen LogP contribution in [0.5, 0.6) is 0 Å². The molecular formula is C14H19N3. The normalized spacial score (nSPS) is 20.5. The highest BCUT2D eigenvalue weighted by molar-refractivity contribution is 5.32. The standard InChI is InChI=1S/C14H19N3/c15-10-12-3-1-4-13(9-12)11-17-14-5-2-7-16-8-6-14/h1,3-4,9,14,16-17H,2,5-8,11H2. The molecule has 1 saturated heterocycles. The van der Waals surface area contributed by atoms with Crippen molar-refractivity contribution in [1.82, 2.24) is 10.6 Å². The Morgan fingerprint density at radius 3 is 3.18 bits per heavy atom. The minimum Gasteiger partial charge on any atom is -0.317 e. The fourth-order valence-corrected chi connectivity index (χ4v) is 2.24. The van der Waals surface area contributed by atoms with E-state index in [0.29, 0.717) is 6.04 Å². The van der Waals surface area contributed by atoms with Gasteiger partial charge >= 0.3 is 0 Å². The van der Waals surface area contributed by atoms with Gasteiger partial charge in [0, 0.05) is 12.6 Å². The summed E-state index contributed by atoms with van der Waals surface area (Å²) in [6.45, 7) is 3.11. The molecule has 1 aliphatic rings. The number of benzene rings is 1. The number of nitrogens with one attached hydrogen (secondary N) is 2. The van der Waals surface area contributed by atoms with Crippen molar-refractivity contribution in [3.05, 3.63) is 35.4 Å². The maximum Gasteiger partial charge on any atom is 0.0991 e. The minimum absolute atomic E-state index is 0.607. The molecular weight excluding hydrogens is 210 g/mol. The highest BCUT2D eigenvalue weighted by Gasteiger charge is 2.10. The molecule has 1 aliphatic heterocycles. The van der Waals surface area contributed by atoms with Crippen LogP contribution in [0.3, 0.4) is 0 Å². The summed E-state index contributed by atoms with van der Waals surface area (Å²) in [7, 11) is 0. The van der Waals surface area contributed by atoms with E-state index in [-0.39, 0.29) is 0 Å². The van der Waals surface area contributed by atoms with Gasteiger partial charge in [0.25, 0.3) is 0 Å². The summed E-state index contributed by atoms with van der Waals surface area (Å²) in [5.74, 6) is 0. The molecule has 1 heterocycles.